The first-order valence-corrected chi connectivity index (χ1v) is 13.8. The summed E-state index contributed by atoms with van der Waals surface area (Å²) in [5.74, 6) is -0.189. The topological polar surface area (TPSA) is 78.9 Å². The highest BCUT2D eigenvalue weighted by atomic mass is 32.2. The van der Waals surface area contributed by atoms with Crippen molar-refractivity contribution in [2.45, 2.75) is 89.1 Å². The Morgan fingerprint density at radius 2 is 1.66 bits per heavy atom. The molecule has 2 unspecified atom stereocenters. The highest BCUT2D eigenvalue weighted by Crippen LogP contribution is 2.20. The van der Waals surface area contributed by atoms with Crippen LogP contribution in [0.5, 0.6) is 0 Å². The Bertz CT molecular complexity index is 704. The second kappa shape index (κ2) is 17.1. The fraction of sp³-hybridized carbons (Fsp3) is 0.720. The van der Waals surface area contributed by atoms with Crippen molar-refractivity contribution in [3.63, 3.8) is 0 Å². The molecule has 1 aromatic carbocycles. The Balaban J connectivity index is 2.42. The van der Waals surface area contributed by atoms with Crippen LogP contribution in [0.1, 0.15) is 76.7 Å². The summed E-state index contributed by atoms with van der Waals surface area (Å²) in [6, 6.07) is 10.0. The highest BCUT2D eigenvalue weighted by Gasteiger charge is 2.21. The van der Waals surface area contributed by atoms with Crippen LogP contribution in [0.2, 0.25) is 0 Å². The third-order valence-electron chi connectivity index (χ3n) is 5.52. The first kappa shape index (κ1) is 28.6. The maximum atomic E-state index is 12.3. The molecule has 32 heavy (non-hydrogen) atoms. The molecule has 0 aliphatic heterocycles. The van der Waals surface area contributed by atoms with Crippen molar-refractivity contribution in [2.75, 3.05) is 26.6 Å². The van der Waals surface area contributed by atoms with Gasteiger partial charge in [-0.05, 0) is 44.1 Å². The van der Waals surface area contributed by atoms with E-state index in [2.05, 4.69) is 11.7 Å². The zero-order valence-electron chi connectivity index (χ0n) is 20.1. The smallest absolute Gasteiger partial charge is 0.305 e. The van der Waals surface area contributed by atoms with Crippen molar-refractivity contribution in [1.82, 2.24) is 0 Å². The van der Waals surface area contributed by atoms with Crippen LogP contribution < -0.4 is 0 Å². The molecule has 0 radical (unpaired) electrons. The molecule has 0 amide bonds. The summed E-state index contributed by atoms with van der Waals surface area (Å²) in [5.41, 5.74) is 1.12. The van der Waals surface area contributed by atoms with Crippen LogP contribution >= 0.6 is 0 Å². The highest BCUT2D eigenvalue weighted by molar-refractivity contribution is 7.91. The van der Waals surface area contributed by atoms with Crippen molar-refractivity contribution in [3.05, 3.63) is 35.9 Å². The Morgan fingerprint density at radius 1 is 0.969 bits per heavy atom. The van der Waals surface area contributed by atoms with E-state index in [0.29, 0.717) is 39.1 Å². The number of carbonyl (C=O) groups excluding carboxylic acids is 1. The number of unbranched alkanes of at least 4 members (excludes halogenated alkanes) is 3. The summed E-state index contributed by atoms with van der Waals surface area (Å²) in [5, 5.41) is -0.325. The van der Waals surface area contributed by atoms with Gasteiger partial charge >= 0.3 is 5.97 Å². The molecule has 0 saturated carbocycles. The lowest BCUT2D eigenvalue weighted by atomic mass is 10.0. The number of ether oxygens (including phenoxy) is 3. The molecule has 0 saturated heterocycles. The minimum absolute atomic E-state index is 0.0414. The lowest BCUT2D eigenvalue weighted by molar-refractivity contribution is -0.140. The SMILES string of the molecule is CCCOCC(CCCC(CCCCCCC(=O)OC)S(C)(=O)=O)OCc1ccccc1. The molecule has 2 atom stereocenters. The molecular formula is C25H42O6S. The summed E-state index contributed by atoms with van der Waals surface area (Å²) in [4.78, 5) is 11.1. The van der Waals surface area contributed by atoms with E-state index in [1.54, 1.807) is 0 Å². The van der Waals surface area contributed by atoms with Gasteiger partial charge in [0.2, 0.25) is 0 Å². The summed E-state index contributed by atoms with van der Waals surface area (Å²) in [6.07, 6.45) is 9.03. The number of methoxy groups -OCH3 is 1. The van der Waals surface area contributed by atoms with E-state index in [-0.39, 0.29) is 17.3 Å². The lowest BCUT2D eigenvalue weighted by Gasteiger charge is -2.20. The number of benzene rings is 1. The van der Waals surface area contributed by atoms with Crippen LogP contribution in [0.25, 0.3) is 0 Å². The maximum absolute atomic E-state index is 12.3. The quantitative estimate of drug-likeness (QED) is 0.207. The average molecular weight is 471 g/mol. The van der Waals surface area contributed by atoms with Crippen molar-refractivity contribution in [2.24, 2.45) is 0 Å². The normalized spacial score (nSPS) is 13.6. The molecule has 0 spiro atoms. The van der Waals surface area contributed by atoms with E-state index in [4.69, 9.17) is 9.47 Å². The number of carbonyl (C=O) groups is 1. The van der Waals surface area contributed by atoms with Crippen LogP contribution in [-0.4, -0.2) is 52.3 Å². The van der Waals surface area contributed by atoms with Gasteiger partial charge < -0.3 is 14.2 Å². The van der Waals surface area contributed by atoms with Crippen LogP contribution in [0.15, 0.2) is 30.3 Å². The van der Waals surface area contributed by atoms with Crippen LogP contribution in [0.3, 0.4) is 0 Å². The minimum Gasteiger partial charge on any atom is -0.469 e. The monoisotopic (exact) mass is 470 g/mol. The Morgan fingerprint density at radius 3 is 2.31 bits per heavy atom. The summed E-state index contributed by atoms with van der Waals surface area (Å²) < 4.78 is 41.0. The van der Waals surface area contributed by atoms with E-state index in [0.717, 1.165) is 50.5 Å². The van der Waals surface area contributed by atoms with Crippen molar-refractivity contribution >= 4 is 15.8 Å². The van der Waals surface area contributed by atoms with Gasteiger partial charge in [0.1, 0.15) is 9.84 Å². The van der Waals surface area contributed by atoms with Gasteiger partial charge in [-0.2, -0.15) is 0 Å². The number of rotatable bonds is 19. The molecule has 7 heteroatoms. The Hall–Kier alpha value is -1.44. The maximum Gasteiger partial charge on any atom is 0.305 e. The summed E-state index contributed by atoms with van der Waals surface area (Å²) in [7, 11) is -1.70. The number of hydrogen-bond donors (Lipinski definition) is 0. The minimum atomic E-state index is -3.10. The van der Waals surface area contributed by atoms with Gasteiger partial charge in [0.05, 0.1) is 31.7 Å². The van der Waals surface area contributed by atoms with Gasteiger partial charge in [-0.25, -0.2) is 8.42 Å². The number of hydrogen-bond acceptors (Lipinski definition) is 6. The second-order valence-corrected chi connectivity index (χ2v) is 10.7. The Labute approximate surface area is 194 Å². The van der Waals surface area contributed by atoms with Crippen molar-refractivity contribution in [1.29, 1.82) is 0 Å². The zero-order chi connectivity index (χ0) is 23.7. The van der Waals surface area contributed by atoms with E-state index in [1.165, 1.54) is 13.4 Å². The van der Waals surface area contributed by atoms with Gasteiger partial charge in [0, 0.05) is 19.3 Å². The van der Waals surface area contributed by atoms with Gasteiger partial charge in [0.15, 0.2) is 0 Å². The van der Waals surface area contributed by atoms with Crippen molar-refractivity contribution < 1.29 is 27.4 Å². The van der Waals surface area contributed by atoms with E-state index < -0.39 is 9.84 Å². The molecule has 1 rings (SSSR count). The third kappa shape index (κ3) is 13.9. The molecule has 0 heterocycles. The third-order valence-corrected chi connectivity index (χ3v) is 7.21. The largest absolute Gasteiger partial charge is 0.469 e. The summed E-state index contributed by atoms with van der Waals surface area (Å²) in [6.45, 7) is 3.84. The van der Waals surface area contributed by atoms with Gasteiger partial charge in [-0.15, -0.1) is 0 Å². The van der Waals surface area contributed by atoms with E-state index in [1.807, 2.05) is 30.3 Å². The van der Waals surface area contributed by atoms with Gasteiger partial charge in [-0.1, -0.05) is 56.5 Å². The van der Waals surface area contributed by atoms with E-state index in [9.17, 15) is 13.2 Å². The Kier molecular flexibility index (Phi) is 15.3. The predicted octanol–water partition coefficient (Wildman–Crippen LogP) is 5.10. The van der Waals surface area contributed by atoms with E-state index >= 15 is 0 Å². The molecule has 184 valence electrons. The van der Waals surface area contributed by atoms with Gasteiger partial charge in [-0.3, -0.25) is 4.79 Å². The number of esters is 1. The molecule has 0 aliphatic rings. The first-order valence-electron chi connectivity index (χ1n) is 11.9. The average Bonchev–Trinajstić information content (AvgIpc) is 2.77. The van der Waals surface area contributed by atoms with Crippen LogP contribution in [-0.2, 0) is 35.4 Å². The number of sulfone groups is 1. The predicted molar refractivity (Wildman–Crippen MR) is 128 cm³/mol. The molecule has 6 nitrogen and oxygen atoms in total. The molecule has 0 fully saturated rings. The molecule has 0 N–H and O–H groups in total. The fourth-order valence-electron chi connectivity index (χ4n) is 3.60. The molecular weight excluding hydrogens is 428 g/mol. The standard InChI is InChI=1S/C25H42O6S/c1-4-19-30-21-23(31-20-22-13-8-7-9-14-22)15-12-17-24(32(3,27)28)16-10-5-6-11-18-25(26)29-2/h7-9,13-14,23-24H,4-6,10-12,15-21H2,1-3H3. The van der Waals surface area contributed by atoms with Gasteiger partial charge in [0.25, 0.3) is 0 Å². The second-order valence-electron chi connectivity index (χ2n) is 8.40. The zero-order valence-corrected chi connectivity index (χ0v) is 20.9. The molecule has 0 aliphatic carbocycles. The lowest BCUT2D eigenvalue weighted by Crippen LogP contribution is -2.23. The molecule has 1 aromatic rings. The van der Waals surface area contributed by atoms with Crippen LogP contribution in [0.4, 0.5) is 0 Å². The first-order chi connectivity index (χ1) is 15.4. The molecule has 0 aromatic heterocycles. The fourth-order valence-corrected chi connectivity index (χ4v) is 4.79. The van der Waals surface area contributed by atoms with Crippen molar-refractivity contribution in [3.8, 4) is 0 Å². The molecule has 0 bridgehead atoms. The summed E-state index contributed by atoms with van der Waals surface area (Å²) >= 11 is 0. The van der Waals surface area contributed by atoms with Crippen LogP contribution in [0, 0.1) is 0 Å².